The monoisotopic (exact) mass is 326 g/mol. The molecule has 0 fully saturated rings. The van der Waals surface area contributed by atoms with Crippen LogP contribution in [-0.2, 0) is 18.4 Å². The first kappa shape index (κ1) is 15.8. The number of carbonyl (C=O) groups is 2. The van der Waals surface area contributed by atoms with Crippen molar-refractivity contribution in [2.24, 2.45) is 7.05 Å². The Balaban J connectivity index is 1.61. The summed E-state index contributed by atoms with van der Waals surface area (Å²) < 4.78 is 6.78. The second-order valence-corrected chi connectivity index (χ2v) is 5.48. The molecule has 2 N–H and O–H groups in total. The molecule has 2 heterocycles. The Bertz CT molecular complexity index is 867. The molecule has 1 aromatic carbocycles. The number of fused-ring (bicyclic) bond motifs is 1. The van der Waals surface area contributed by atoms with Crippen LogP contribution in [0.2, 0.25) is 0 Å². The van der Waals surface area contributed by atoms with E-state index in [1.54, 1.807) is 23.7 Å². The molecule has 0 saturated heterocycles. The fraction of sp³-hybridized carbons (Fsp3) is 0.235. The Morgan fingerprint density at radius 3 is 2.79 bits per heavy atom. The van der Waals surface area contributed by atoms with E-state index in [0.717, 1.165) is 16.6 Å². The van der Waals surface area contributed by atoms with Gasteiger partial charge in [0.15, 0.2) is 5.76 Å². The van der Waals surface area contributed by atoms with Gasteiger partial charge in [0.25, 0.3) is 5.91 Å². The molecule has 3 aromatic rings. The van der Waals surface area contributed by atoms with Crippen LogP contribution in [-0.4, -0.2) is 27.6 Å². The van der Waals surface area contributed by atoms with Gasteiger partial charge in [0.2, 0.25) is 5.91 Å². The van der Waals surface area contributed by atoms with Gasteiger partial charge in [-0.2, -0.15) is 5.10 Å². The van der Waals surface area contributed by atoms with Crippen molar-refractivity contribution in [3.63, 3.8) is 0 Å². The first-order chi connectivity index (χ1) is 11.6. The predicted octanol–water partition coefficient (Wildman–Crippen LogP) is 1.60. The van der Waals surface area contributed by atoms with Crippen LogP contribution in [0.5, 0.6) is 0 Å². The Kier molecular flexibility index (Phi) is 4.33. The standard InChI is InChI=1S/C17H18N4O3/c1-11(19-17(23)15-8-5-9-24-15)16(22)18-10-13-12-6-3-4-7-14(12)21(2)20-13/h3-9,11H,10H2,1-2H3,(H,18,22)(H,19,23)/t11-/m1/s1. The minimum atomic E-state index is -0.683. The summed E-state index contributed by atoms with van der Waals surface area (Å²) in [5, 5.41) is 10.8. The third kappa shape index (κ3) is 3.15. The van der Waals surface area contributed by atoms with Crippen LogP contribution in [0.1, 0.15) is 23.2 Å². The quantitative estimate of drug-likeness (QED) is 0.745. The maximum atomic E-state index is 12.2. The highest BCUT2D eigenvalue weighted by atomic mass is 16.3. The van der Waals surface area contributed by atoms with Crippen molar-refractivity contribution < 1.29 is 14.0 Å². The van der Waals surface area contributed by atoms with E-state index < -0.39 is 11.9 Å². The number of nitrogens with one attached hydrogen (secondary N) is 2. The van der Waals surface area contributed by atoms with Gasteiger partial charge in [-0.3, -0.25) is 14.3 Å². The van der Waals surface area contributed by atoms with Gasteiger partial charge < -0.3 is 15.1 Å². The van der Waals surface area contributed by atoms with E-state index in [1.165, 1.54) is 6.26 Å². The van der Waals surface area contributed by atoms with Gasteiger partial charge in [-0.05, 0) is 25.1 Å². The van der Waals surface area contributed by atoms with Gasteiger partial charge >= 0.3 is 0 Å². The number of para-hydroxylation sites is 1. The summed E-state index contributed by atoms with van der Waals surface area (Å²) in [6.07, 6.45) is 1.41. The van der Waals surface area contributed by atoms with Gasteiger partial charge in [0, 0.05) is 12.4 Å². The smallest absolute Gasteiger partial charge is 0.287 e. The fourth-order valence-electron chi connectivity index (χ4n) is 2.48. The van der Waals surface area contributed by atoms with E-state index in [9.17, 15) is 9.59 Å². The van der Waals surface area contributed by atoms with Crippen molar-refractivity contribution in [3.8, 4) is 0 Å². The van der Waals surface area contributed by atoms with Crippen LogP contribution in [0.4, 0.5) is 0 Å². The van der Waals surface area contributed by atoms with Crippen molar-refractivity contribution in [2.75, 3.05) is 0 Å². The van der Waals surface area contributed by atoms with Crippen LogP contribution >= 0.6 is 0 Å². The summed E-state index contributed by atoms with van der Waals surface area (Å²) in [5.41, 5.74) is 1.78. The normalized spacial score (nSPS) is 12.1. The van der Waals surface area contributed by atoms with Crippen molar-refractivity contribution in [1.82, 2.24) is 20.4 Å². The summed E-state index contributed by atoms with van der Waals surface area (Å²) in [6.45, 7) is 1.91. The maximum absolute atomic E-state index is 12.2. The molecule has 0 aliphatic heterocycles. The second-order valence-electron chi connectivity index (χ2n) is 5.48. The first-order valence-corrected chi connectivity index (χ1v) is 7.59. The molecule has 0 unspecified atom stereocenters. The molecule has 0 saturated carbocycles. The minimum Gasteiger partial charge on any atom is -0.459 e. The number of hydrogen-bond donors (Lipinski definition) is 2. The highest BCUT2D eigenvalue weighted by Crippen LogP contribution is 2.17. The lowest BCUT2D eigenvalue weighted by Crippen LogP contribution is -2.44. The van der Waals surface area contributed by atoms with Crippen LogP contribution in [0.15, 0.2) is 47.1 Å². The summed E-state index contributed by atoms with van der Waals surface area (Å²) in [6, 6.07) is 10.3. The zero-order chi connectivity index (χ0) is 17.1. The third-order valence-electron chi connectivity index (χ3n) is 3.75. The number of hydrogen-bond acceptors (Lipinski definition) is 4. The molecule has 0 spiro atoms. The summed E-state index contributed by atoms with van der Waals surface area (Å²) >= 11 is 0. The molecular formula is C17H18N4O3. The molecule has 7 heteroatoms. The maximum Gasteiger partial charge on any atom is 0.287 e. The first-order valence-electron chi connectivity index (χ1n) is 7.59. The average molecular weight is 326 g/mol. The number of rotatable bonds is 5. The van der Waals surface area contributed by atoms with E-state index in [0.29, 0.717) is 6.54 Å². The van der Waals surface area contributed by atoms with Gasteiger partial charge in [-0.1, -0.05) is 18.2 Å². The summed E-state index contributed by atoms with van der Waals surface area (Å²) in [5.74, 6) is -0.541. The summed E-state index contributed by atoms with van der Waals surface area (Å²) in [4.78, 5) is 24.0. The molecule has 7 nitrogen and oxygen atoms in total. The molecule has 0 aliphatic carbocycles. The van der Waals surface area contributed by atoms with Crippen LogP contribution in [0.25, 0.3) is 10.9 Å². The molecule has 0 bridgehead atoms. The molecule has 124 valence electrons. The van der Waals surface area contributed by atoms with Crippen LogP contribution < -0.4 is 10.6 Å². The fourth-order valence-corrected chi connectivity index (χ4v) is 2.48. The van der Waals surface area contributed by atoms with Gasteiger partial charge in [0.1, 0.15) is 6.04 Å². The van der Waals surface area contributed by atoms with Gasteiger partial charge in [-0.25, -0.2) is 0 Å². The Hall–Kier alpha value is -3.09. The number of aryl methyl sites for hydroxylation is 1. The number of aromatic nitrogens is 2. The highest BCUT2D eigenvalue weighted by molar-refractivity contribution is 5.95. The molecule has 2 aromatic heterocycles. The summed E-state index contributed by atoms with van der Waals surface area (Å²) in [7, 11) is 1.86. The predicted molar refractivity (Wildman–Crippen MR) is 88.2 cm³/mol. The van der Waals surface area contributed by atoms with E-state index in [2.05, 4.69) is 15.7 Å². The van der Waals surface area contributed by atoms with Crippen molar-refractivity contribution >= 4 is 22.7 Å². The number of carbonyl (C=O) groups excluding carboxylic acids is 2. The van der Waals surface area contributed by atoms with E-state index in [4.69, 9.17) is 4.42 Å². The molecular weight excluding hydrogens is 308 g/mol. The third-order valence-corrected chi connectivity index (χ3v) is 3.75. The van der Waals surface area contributed by atoms with Crippen LogP contribution in [0, 0.1) is 0 Å². The SMILES string of the molecule is C[C@@H](NC(=O)c1ccco1)C(=O)NCc1nn(C)c2ccccc12. The van der Waals surface area contributed by atoms with Gasteiger partial charge in [-0.15, -0.1) is 0 Å². The molecule has 0 aliphatic rings. The van der Waals surface area contributed by atoms with E-state index in [1.807, 2.05) is 31.3 Å². The van der Waals surface area contributed by atoms with Crippen LogP contribution in [0.3, 0.4) is 0 Å². The number of nitrogens with zero attached hydrogens (tertiary/aromatic N) is 2. The molecule has 24 heavy (non-hydrogen) atoms. The highest BCUT2D eigenvalue weighted by Gasteiger charge is 2.18. The average Bonchev–Trinajstić information content (AvgIpc) is 3.22. The lowest BCUT2D eigenvalue weighted by Gasteiger charge is -2.12. The van der Waals surface area contributed by atoms with Gasteiger partial charge in [0.05, 0.1) is 24.0 Å². The zero-order valence-corrected chi connectivity index (χ0v) is 13.4. The second kappa shape index (κ2) is 6.57. The topological polar surface area (TPSA) is 89.2 Å². The Morgan fingerprint density at radius 1 is 1.25 bits per heavy atom. The lowest BCUT2D eigenvalue weighted by atomic mass is 10.2. The van der Waals surface area contributed by atoms with E-state index in [-0.39, 0.29) is 11.7 Å². The number of amides is 2. The molecule has 3 rings (SSSR count). The Labute approximate surface area is 138 Å². The lowest BCUT2D eigenvalue weighted by molar-refractivity contribution is -0.122. The minimum absolute atomic E-state index is 0.172. The van der Waals surface area contributed by atoms with E-state index >= 15 is 0 Å². The Morgan fingerprint density at radius 2 is 2.04 bits per heavy atom. The van der Waals surface area contributed by atoms with Crippen molar-refractivity contribution in [2.45, 2.75) is 19.5 Å². The molecule has 2 amide bonds. The number of benzene rings is 1. The molecule has 1 atom stereocenters. The molecule has 0 radical (unpaired) electrons. The number of furan rings is 1. The zero-order valence-electron chi connectivity index (χ0n) is 13.4. The van der Waals surface area contributed by atoms with Crippen molar-refractivity contribution in [1.29, 1.82) is 0 Å². The largest absolute Gasteiger partial charge is 0.459 e. The van der Waals surface area contributed by atoms with Crippen molar-refractivity contribution in [3.05, 3.63) is 54.1 Å².